The van der Waals surface area contributed by atoms with Crippen molar-refractivity contribution in [1.82, 2.24) is 5.32 Å². The van der Waals surface area contributed by atoms with Crippen LogP contribution in [0.5, 0.6) is 11.5 Å². The predicted octanol–water partition coefficient (Wildman–Crippen LogP) is 3.90. The van der Waals surface area contributed by atoms with E-state index in [1.807, 2.05) is 12.1 Å². The van der Waals surface area contributed by atoms with Crippen molar-refractivity contribution in [2.24, 2.45) is 17.6 Å². The summed E-state index contributed by atoms with van der Waals surface area (Å²) >= 11 is 6.31. The Morgan fingerprint density at radius 1 is 1.27 bits per heavy atom. The highest BCUT2D eigenvalue weighted by Crippen LogP contribution is 2.40. The summed E-state index contributed by atoms with van der Waals surface area (Å²) in [5.74, 6) is 0.316. The molecule has 0 fully saturated rings. The van der Waals surface area contributed by atoms with Gasteiger partial charge in [0.15, 0.2) is 18.1 Å². The van der Waals surface area contributed by atoms with Crippen LogP contribution in [-0.2, 0) is 11.2 Å². The number of nitrogens with one attached hydrogen (secondary N) is 1. The van der Waals surface area contributed by atoms with Crippen molar-refractivity contribution in [1.29, 1.82) is 0 Å². The number of benzene rings is 2. The van der Waals surface area contributed by atoms with Crippen molar-refractivity contribution in [3.05, 3.63) is 58.1 Å². The number of carbonyl (C=O) groups excluding carboxylic acids is 2. The fourth-order valence-electron chi connectivity index (χ4n) is 4.05. The molecule has 0 aliphatic heterocycles. The third-order valence-electron chi connectivity index (χ3n) is 5.56. The zero-order valence-electron chi connectivity index (χ0n) is 17.4. The first-order valence-electron chi connectivity index (χ1n) is 9.99. The van der Waals surface area contributed by atoms with E-state index in [4.69, 9.17) is 26.8 Å². The summed E-state index contributed by atoms with van der Waals surface area (Å²) in [6, 6.07) is 11.2. The summed E-state index contributed by atoms with van der Waals surface area (Å²) < 4.78 is 10.7. The lowest BCUT2D eigenvalue weighted by molar-refractivity contribution is -0.119. The van der Waals surface area contributed by atoms with Gasteiger partial charge in [0.05, 0.1) is 18.2 Å². The topological polar surface area (TPSA) is 90.7 Å². The van der Waals surface area contributed by atoms with Gasteiger partial charge in [0, 0.05) is 5.56 Å². The van der Waals surface area contributed by atoms with Crippen molar-refractivity contribution < 1.29 is 19.1 Å². The smallest absolute Gasteiger partial charge is 0.255 e. The molecule has 2 amide bonds. The molecule has 2 atom stereocenters. The van der Waals surface area contributed by atoms with Gasteiger partial charge in [-0.2, -0.15) is 0 Å². The lowest BCUT2D eigenvalue weighted by atomic mass is 9.74. The molecule has 2 aromatic rings. The number of methoxy groups -OCH3 is 1. The van der Waals surface area contributed by atoms with Crippen molar-refractivity contribution in [2.45, 2.75) is 32.7 Å². The number of hydrogen-bond donors (Lipinski definition) is 2. The Hall–Kier alpha value is -2.73. The number of primary amides is 1. The Morgan fingerprint density at radius 2 is 2.00 bits per heavy atom. The van der Waals surface area contributed by atoms with E-state index in [9.17, 15) is 9.59 Å². The molecule has 0 saturated heterocycles. The van der Waals surface area contributed by atoms with Gasteiger partial charge in [-0.3, -0.25) is 9.59 Å². The van der Waals surface area contributed by atoms with E-state index in [2.05, 4.69) is 31.3 Å². The number of fused-ring (bicyclic) bond motifs is 1. The van der Waals surface area contributed by atoms with Crippen LogP contribution in [0.4, 0.5) is 0 Å². The van der Waals surface area contributed by atoms with Crippen LogP contribution < -0.4 is 20.5 Å². The van der Waals surface area contributed by atoms with E-state index in [1.165, 1.54) is 18.7 Å². The van der Waals surface area contributed by atoms with Gasteiger partial charge in [0.25, 0.3) is 11.8 Å². The summed E-state index contributed by atoms with van der Waals surface area (Å²) in [7, 11) is 1.44. The summed E-state index contributed by atoms with van der Waals surface area (Å²) in [6.45, 7) is 4.03. The second-order valence-corrected chi connectivity index (χ2v) is 8.25. The van der Waals surface area contributed by atoms with Crippen LogP contribution >= 0.6 is 11.6 Å². The number of halogens is 1. The van der Waals surface area contributed by atoms with Crippen LogP contribution in [0.2, 0.25) is 5.02 Å². The summed E-state index contributed by atoms with van der Waals surface area (Å²) in [4.78, 5) is 24.2. The highest BCUT2D eigenvalue weighted by atomic mass is 35.5. The molecule has 0 aromatic heterocycles. The van der Waals surface area contributed by atoms with E-state index >= 15 is 0 Å². The van der Waals surface area contributed by atoms with E-state index in [0.29, 0.717) is 17.4 Å². The van der Waals surface area contributed by atoms with Crippen LogP contribution in [0.25, 0.3) is 0 Å². The van der Waals surface area contributed by atoms with Gasteiger partial charge >= 0.3 is 0 Å². The molecule has 30 heavy (non-hydrogen) atoms. The normalized spacial score (nSPS) is 17.9. The minimum absolute atomic E-state index is 0.0852. The molecule has 1 aliphatic rings. The molecule has 160 valence electrons. The first kappa shape index (κ1) is 22.0. The molecule has 0 saturated carbocycles. The van der Waals surface area contributed by atoms with Gasteiger partial charge < -0.3 is 20.5 Å². The molecule has 3 N–H and O–H groups in total. The molecule has 7 heteroatoms. The van der Waals surface area contributed by atoms with Gasteiger partial charge in [-0.15, -0.1) is 0 Å². The number of nitrogens with two attached hydrogens (primary N) is 1. The van der Waals surface area contributed by atoms with Crippen LogP contribution in [-0.4, -0.2) is 25.5 Å². The maximum Gasteiger partial charge on any atom is 0.255 e. The van der Waals surface area contributed by atoms with Crippen LogP contribution in [0.1, 0.15) is 47.8 Å². The Morgan fingerprint density at radius 3 is 2.67 bits per heavy atom. The fourth-order valence-corrected chi connectivity index (χ4v) is 4.31. The second-order valence-electron chi connectivity index (χ2n) is 7.84. The number of rotatable bonds is 7. The van der Waals surface area contributed by atoms with Crippen LogP contribution in [0.3, 0.4) is 0 Å². The number of carbonyl (C=O) groups is 2. The fraction of sp³-hybridized carbons (Fsp3) is 0.391. The second kappa shape index (κ2) is 9.39. The van der Waals surface area contributed by atoms with Gasteiger partial charge in [-0.1, -0.05) is 49.7 Å². The lowest BCUT2D eigenvalue weighted by Crippen LogP contribution is -2.38. The van der Waals surface area contributed by atoms with Crippen molar-refractivity contribution in [3.8, 4) is 11.5 Å². The van der Waals surface area contributed by atoms with Crippen molar-refractivity contribution >= 4 is 23.4 Å². The molecule has 0 spiro atoms. The monoisotopic (exact) mass is 430 g/mol. The predicted molar refractivity (Wildman–Crippen MR) is 116 cm³/mol. The Kier molecular flexibility index (Phi) is 6.87. The summed E-state index contributed by atoms with van der Waals surface area (Å²) in [6.07, 6.45) is 2.03. The number of hydrogen-bond acceptors (Lipinski definition) is 4. The maximum atomic E-state index is 13.1. The van der Waals surface area contributed by atoms with Crippen molar-refractivity contribution in [2.75, 3.05) is 13.7 Å². The number of amides is 2. The molecule has 0 unspecified atom stereocenters. The first-order chi connectivity index (χ1) is 14.3. The van der Waals surface area contributed by atoms with E-state index < -0.39 is 5.91 Å². The molecular weight excluding hydrogens is 404 g/mol. The van der Waals surface area contributed by atoms with Gasteiger partial charge in [-0.05, 0) is 47.9 Å². The van der Waals surface area contributed by atoms with E-state index in [-0.39, 0.29) is 35.1 Å². The average Bonchev–Trinajstić information content (AvgIpc) is 2.72. The molecular formula is C23H27ClN2O4. The van der Waals surface area contributed by atoms with Gasteiger partial charge in [-0.25, -0.2) is 0 Å². The molecule has 1 aliphatic carbocycles. The molecule has 3 rings (SSSR count). The van der Waals surface area contributed by atoms with Crippen LogP contribution in [0.15, 0.2) is 36.4 Å². The third kappa shape index (κ3) is 4.70. The van der Waals surface area contributed by atoms with Crippen molar-refractivity contribution in [3.63, 3.8) is 0 Å². The van der Waals surface area contributed by atoms with E-state index in [0.717, 1.165) is 18.4 Å². The van der Waals surface area contributed by atoms with Gasteiger partial charge in [0.2, 0.25) is 0 Å². The van der Waals surface area contributed by atoms with Gasteiger partial charge in [0.1, 0.15) is 0 Å². The number of aryl methyl sites for hydroxylation is 1. The Bertz CT molecular complexity index is 945. The zero-order chi connectivity index (χ0) is 21.8. The average molecular weight is 431 g/mol. The standard InChI is InChI=1S/C23H27ClN2O4/c1-13(2)16-9-8-14-6-4-5-7-17(14)21(16)26-23(28)15-10-18(24)22(19(11-15)29-3)30-12-20(25)27/h4-7,10-11,13,16,21H,8-9,12H2,1-3H3,(H2,25,27)(H,26,28)/t16-,21+/m1/s1. The largest absolute Gasteiger partial charge is 0.493 e. The summed E-state index contributed by atoms with van der Waals surface area (Å²) in [5, 5.41) is 3.37. The quantitative estimate of drug-likeness (QED) is 0.696. The third-order valence-corrected chi connectivity index (χ3v) is 5.84. The zero-order valence-corrected chi connectivity index (χ0v) is 18.2. The molecule has 0 bridgehead atoms. The maximum absolute atomic E-state index is 13.1. The highest BCUT2D eigenvalue weighted by molar-refractivity contribution is 6.32. The molecule has 0 radical (unpaired) electrons. The highest BCUT2D eigenvalue weighted by Gasteiger charge is 2.33. The minimum atomic E-state index is -0.634. The number of ether oxygens (including phenoxy) is 2. The Balaban J connectivity index is 1.89. The molecule has 2 aromatic carbocycles. The minimum Gasteiger partial charge on any atom is -0.493 e. The SMILES string of the molecule is COc1cc(C(=O)N[C@@H]2c3ccccc3CC[C@@H]2C(C)C)cc(Cl)c1OCC(N)=O. The lowest BCUT2D eigenvalue weighted by Gasteiger charge is -2.36. The first-order valence-corrected chi connectivity index (χ1v) is 10.4. The van der Waals surface area contributed by atoms with Crippen LogP contribution in [0, 0.1) is 11.8 Å². The molecule has 0 heterocycles. The Labute approximate surface area is 181 Å². The summed E-state index contributed by atoms with van der Waals surface area (Å²) in [5.41, 5.74) is 7.92. The van der Waals surface area contributed by atoms with E-state index in [1.54, 1.807) is 6.07 Å². The molecule has 6 nitrogen and oxygen atoms in total.